The number of nitrogens with one attached hydrogen (secondary N) is 1. The van der Waals surface area contributed by atoms with Gasteiger partial charge >= 0.3 is 0 Å². The standard InChI is InChI=1S/C14H23N3/c1-2-11-17(10-1)12-4-8-15-9-6-14-5-3-7-16-13-14/h3,5,7,13,15H,1-2,4,6,8-12H2. The summed E-state index contributed by atoms with van der Waals surface area (Å²) in [7, 11) is 0. The van der Waals surface area contributed by atoms with E-state index in [9.17, 15) is 0 Å². The van der Waals surface area contributed by atoms with E-state index in [0.717, 1.165) is 19.5 Å². The fraction of sp³-hybridized carbons (Fsp3) is 0.643. The Labute approximate surface area is 104 Å². The highest BCUT2D eigenvalue weighted by Gasteiger charge is 2.09. The maximum absolute atomic E-state index is 4.12. The topological polar surface area (TPSA) is 28.2 Å². The molecule has 1 fully saturated rings. The Morgan fingerprint density at radius 3 is 2.88 bits per heavy atom. The van der Waals surface area contributed by atoms with Gasteiger partial charge in [-0.25, -0.2) is 0 Å². The second-order valence-corrected chi connectivity index (χ2v) is 4.76. The Morgan fingerprint density at radius 2 is 2.12 bits per heavy atom. The van der Waals surface area contributed by atoms with Crippen LogP contribution in [0.4, 0.5) is 0 Å². The lowest BCUT2D eigenvalue weighted by molar-refractivity contribution is 0.331. The Morgan fingerprint density at radius 1 is 1.24 bits per heavy atom. The molecule has 1 aromatic rings. The molecule has 0 radical (unpaired) electrons. The van der Waals surface area contributed by atoms with Crippen molar-refractivity contribution in [2.24, 2.45) is 0 Å². The van der Waals surface area contributed by atoms with Gasteiger partial charge in [0.1, 0.15) is 0 Å². The fourth-order valence-electron chi connectivity index (χ4n) is 2.34. The van der Waals surface area contributed by atoms with Crippen molar-refractivity contribution in [3.05, 3.63) is 30.1 Å². The van der Waals surface area contributed by atoms with Gasteiger partial charge in [-0.1, -0.05) is 6.07 Å². The van der Waals surface area contributed by atoms with Gasteiger partial charge < -0.3 is 10.2 Å². The van der Waals surface area contributed by atoms with Gasteiger partial charge in [0.25, 0.3) is 0 Å². The Bertz CT molecular complexity index is 294. The molecular formula is C14H23N3. The predicted molar refractivity (Wildman–Crippen MR) is 71.1 cm³/mol. The average Bonchev–Trinajstić information content (AvgIpc) is 2.88. The quantitative estimate of drug-likeness (QED) is 0.727. The maximum Gasteiger partial charge on any atom is 0.0300 e. The second-order valence-electron chi connectivity index (χ2n) is 4.76. The van der Waals surface area contributed by atoms with Crippen molar-refractivity contribution in [2.45, 2.75) is 25.7 Å². The van der Waals surface area contributed by atoms with Crippen LogP contribution in [-0.4, -0.2) is 42.6 Å². The van der Waals surface area contributed by atoms with Gasteiger partial charge in [0.15, 0.2) is 0 Å². The SMILES string of the molecule is c1cncc(CCNCCCN2CCCC2)c1. The first kappa shape index (κ1) is 12.5. The molecule has 2 heterocycles. The first-order valence-corrected chi connectivity index (χ1v) is 6.77. The zero-order valence-corrected chi connectivity index (χ0v) is 10.6. The van der Waals surface area contributed by atoms with Gasteiger partial charge in [-0.2, -0.15) is 0 Å². The van der Waals surface area contributed by atoms with Crippen LogP contribution in [0.5, 0.6) is 0 Å². The molecule has 0 saturated carbocycles. The Balaban J connectivity index is 1.46. The number of rotatable bonds is 7. The molecule has 1 aliphatic rings. The van der Waals surface area contributed by atoms with Gasteiger partial charge in [0, 0.05) is 12.4 Å². The number of aromatic nitrogens is 1. The van der Waals surface area contributed by atoms with E-state index in [-0.39, 0.29) is 0 Å². The van der Waals surface area contributed by atoms with Crippen molar-refractivity contribution in [3.8, 4) is 0 Å². The molecule has 3 heteroatoms. The van der Waals surface area contributed by atoms with Crippen LogP contribution in [-0.2, 0) is 6.42 Å². The number of hydrogen-bond acceptors (Lipinski definition) is 3. The molecule has 0 spiro atoms. The Hall–Kier alpha value is -0.930. The van der Waals surface area contributed by atoms with E-state index in [4.69, 9.17) is 0 Å². The highest BCUT2D eigenvalue weighted by atomic mass is 15.1. The van der Waals surface area contributed by atoms with Gasteiger partial charge in [-0.15, -0.1) is 0 Å². The average molecular weight is 233 g/mol. The lowest BCUT2D eigenvalue weighted by atomic mass is 10.2. The molecule has 2 rings (SSSR count). The van der Waals surface area contributed by atoms with Crippen LogP contribution in [0, 0.1) is 0 Å². The first-order chi connectivity index (χ1) is 8.45. The van der Waals surface area contributed by atoms with Crippen molar-refractivity contribution >= 4 is 0 Å². The van der Waals surface area contributed by atoms with Crippen molar-refractivity contribution in [1.29, 1.82) is 0 Å². The third kappa shape index (κ3) is 4.84. The van der Waals surface area contributed by atoms with Gasteiger partial charge in [0.2, 0.25) is 0 Å². The van der Waals surface area contributed by atoms with Crippen molar-refractivity contribution in [3.63, 3.8) is 0 Å². The van der Waals surface area contributed by atoms with Crippen molar-refractivity contribution in [1.82, 2.24) is 15.2 Å². The molecule has 1 aromatic heterocycles. The molecule has 0 unspecified atom stereocenters. The van der Waals surface area contributed by atoms with E-state index in [1.54, 1.807) is 0 Å². The van der Waals surface area contributed by atoms with E-state index in [1.807, 2.05) is 18.5 Å². The van der Waals surface area contributed by atoms with Crippen LogP contribution >= 0.6 is 0 Å². The second kappa shape index (κ2) is 7.41. The summed E-state index contributed by atoms with van der Waals surface area (Å²) >= 11 is 0. The summed E-state index contributed by atoms with van der Waals surface area (Å²) in [6.45, 7) is 6.09. The summed E-state index contributed by atoms with van der Waals surface area (Å²) in [6, 6.07) is 4.14. The van der Waals surface area contributed by atoms with Crippen LogP contribution in [0.2, 0.25) is 0 Å². The predicted octanol–water partition coefficient (Wildman–Crippen LogP) is 1.70. The van der Waals surface area contributed by atoms with E-state index < -0.39 is 0 Å². The lowest BCUT2D eigenvalue weighted by Crippen LogP contribution is -2.25. The molecular weight excluding hydrogens is 210 g/mol. The zero-order chi connectivity index (χ0) is 11.8. The molecule has 0 bridgehead atoms. The van der Waals surface area contributed by atoms with Crippen LogP contribution in [0.1, 0.15) is 24.8 Å². The van der Waals surface area contributed by atoms with Gasteiger partial charge in [-0.05, 0) is 70.0 Å². The minimum absolute atomic E-state index is 1.06. The third-order valence-corrected chi connectivity index (χ3v) is 3.34. The van der Waals surface area contributed by atoms with Crippen LogP contribution < -0.4 is 5.32 Å². The summed E-state index contributed by atoms with van der Waals surface area (Å²) in [5, 5.41) is 3.50. The minimum Gasteiger partial charge on any atom is -0.316 e. The van der Waals surface area contributed by atoms with Crippen molar-refractivity contribution in [2.75, 3.05) is 32.7 Å². The largest absolute Gasteiger partial charge is 0.316 e. The Kier molecular flexibility index (Phi) is 5.46. The third-order valence-electron chi connectivity index (χ3n) is 3.34. The molecule has 1 saturated heterocycles. The molecule has 0 amide bonds. The summed E-state index contributed by atoms with van der Waals surface area (Å²) in [6.07, 6.45) is 8.92. The number of nitrogens with zero attached hydrogens (tertiary/aromatic N) is 2. The summed E-state index contributed by atoms with van der Waals surface area (Å²) < 4.78 is 0. The van der Waals surface area contributed by atoms with E-state index in [0.29, 0.717) is 0 Å². The summed E-state index contributed by atoms with van der Waals surface area (Å²) in [5.41, 5.74) is 1.32. The molecule has 0 aliphatic carbocycles. The first-order valence-electron chi connectivity index (χ1n) is 6.77. The van der Waals surface area contributed by atoms with E-state index in [1.165, 1.54) is 44.5 Å². The summed E-state index contributed by atoms with van der Waals surface area (Å²) in [4.78, 5) is 6.69. The van der Waals surface area contributed by atoms with Crippen LogP contribution in [0.3, 0.4) is 0 Å². The monoisotopic (exact) mass is 233 g/mol. The molecule has 0 aromatic carbocycles. The van der Waals surface area contributed by atoms with Crippen molar-refractivity contribution < 1.29 is 0 Å². The van der Waals surface area contributed by atoms with Gasteiger partial charge in [0.05, 0.1) is 0 Å². The molecule has 1 N–H and O–H groups in total. The molecule has 0 atom stereocenters. The van der Waals surface area contributed by atoms with E-state index >= 15 is 0 Å². The smallest absolute Gasteiger partial charge is 0.0300 e. The lowest BCUT2D eigenvalue weighted by Gasteiger charge is -2.14. The molecule has 17 heavy (non-hydrogen) atoms. The highest BCUT2D eigenvalue weighted by molar-refractivity contribution is 5.08. The number of likely N-dealkylation sites (tertiary alicyclic amines) is 1. The zero-order valence-electron chi connectivity index (χ0n) is 10.6. The molecule has 1 aliphatic heterocycles. The summed E-state index contributed by atoms with van der Waals surface area (Å²) in [5.74, 6) is 0. The molecule has 3 nitrogen and oxygen atoms in total. The highest BCUT2D eigenvalue weighted by Crippen LogP contribution is 2.06. The molecule has 94 valence electrons. The maximum atomic E-state index is 4.12. The normalized spacial score (nSPS) is 16.5. The number of pyridine rings is 1. The van der Waals surface area contributed by atoms with Crippen LogP contribution in [0.15, 0.2) is 24.5 Å². The van der Waals surface area contributed by atoms with Crippen LogP contribution in [0.25, 0.3) is 0 Å². The van der Waals surface area contributed by atoms with E-state index in [2.05, 4.69) is 21.3 Å². The fourth-order valence-corrected chi connectivity index (χ4v) is 2.34. The number of hydrogen-bond donors (Lipinski definition) is 1. The van der Waals surface area contributed by atoms with Gasteiger partial charge in [-0.3, -0.25) is 4.98 Å². The minimum atomic E-state index is 1.06.